The Labute approximate surface area is 125 Å². The molecule has 1 aromatic carbocycles. The number of hydrogen-bond donors (Lipinski definition) is 0. The van der Waals surface area contributed by atoms with Crippen LogP contribution in [0.1, 0.15) is 16.2 Å². The number of imidazole rings is 1. The van der Waals surface area contributed by atoms with Gasteiger partial charge in [0.2, 0.25) is 0 Å². The normalized spacial score (nSPS) is 11.0. The highest BCUT2D eigenvalue weighted by Crippen LogP contribution is 2.12. The average molecular weight is 298 g/mol. The van der Waals surface area contributed by atoms with Crippen molar-refractivity contribution in [1.29, 1.82) is 0 Å². The van der Waals surface area contributed by atoms with E-state index in [0.717, 1.165) is 10.1 Å². The molecular weight excluding hydrogens is 284 g/mol. The van der Waals surface area contributed by atoms with E-state index in [1.54, 1.807) is 4.57 Å². The van der Waals surface area contributed by atoms with Crippen molar-refractivity contribution in [2.24, 2.45) is 14.1 Å². The van der Waals surface area contributed by atoms with Gasteiger partial charge in [0.15, 0.2) is 23.3 Å². The van der Waals surface area contributed by atoms with E-state index in [4.69, 9.17) is 0 Å². The molecule has 0 aliphatic heterocycles. The molecule has 3 aromatic rings. The fourth-order valence-corrected chi connectivity index (χ4v) is 2.48. The van der Waals surface area contributed by atoms with Crippen molar-refractivity contribution >= 4 is 17.5 Å². The molecule has 3 rings (SSSR count). The van der Waals surface area contributed by atoms with Crippen molar-refractivity contribution in [3.8, 4) is 0 Å². The fraction of sp³-hybridized carbons (Fsp3) is 0.200. The van der Waals surface area contributed by atoms with Crippen molar-refractivity contribution in [2.75, 3.05) is 0 Å². The van der Waals surface area contributed by atoms with Gasteiger partial charge in [0.1, 0.15) is 0 Å². The van der Waals surface area contributed by atoms with E-state index in [-0.39, 0.29) is 17.0 Å². The summed E-state index contributed by atoms with van der Waals surface area (Å²) in [4.78, 5) is 39.8. The van der Waals surface area contributed by atoms with Crippen LogP contribution in [0.2, 0.25) is 0 Å². The van der Waals surface area contributed by atoms with Gasteiger partial charge in [-0.05, 0) is 5.56 Å². The molecule has 0 bridgehead atoms. The van der Waals surface area contributed by atoms with E-state index >= 15 is 0 Å². The lowest BCUT2D eigenvalue weighted by Crippen LogP contribution is -2.37. The molecule has 0 saturated carbocycles. The molecule has 7 heteroatoms. The number of carbonyl (C=O) groups is 1. The number of aldehydes is 1. The van der Waals surface area contributed by atoms with E-state index in [2.05, 4.69) is 4.98 Å². The van der Waals surface area contributed by atoms with Gasteiger partial charge in [-0.1, -0.05) is 30.3 Å². The summed E-state index contributed by atoms with van der Waals surface area (Å²) in [6.07, 6.45) is 0.590. The maximum Gasteiger partial charge on any atom is 0.332 e. The standard InChI is InChI=1S/C15H14N4O3/c1-17-13-12(14(21)18(2)15(17)22)19(11(9-20)16-13)8-10-6-4-3-5-7-10/h3-7,9H,8H2,1-2H3. The van der Waals surface area contributed by atoms with Crippen LogP contribution in [0.5, 0.6) is 0 Å². The molecule has 0 saturated heterocycles. The Balaban J connectivity index is 2.36. The van der Waals surface area contributed by atoms with Crippen LogP contribution in [0, 0.1) is 0 Å². The van der Waals surface area contributed by atoms with Gasteiger partial charge in [0, 0.05) is 14.1 Å². The summed E-state index contributed by atoms with van der Waals surface area (Å²) in [6.45, 7) is 0.332. The second kappa shape index (κ2) is 5.10. The number of benzene rings is 1. The van der Waals surface area contributed by atoms with Crippen LogP contribution in [-0.2, 0) is 20.6 Å². The van der Waals surface area contributed by atoms with Crippen LogP contribution >= 0.6 is 0 Å². The molecule has 0 radical (unpaired) electrons. The molecule has 0 aliphatic rings. The second-order valence-electron chi connectivity index (χ2n) is 5.04. The number of rotatable bonds is 3. The Kier molecular flexibility index (Phi) is 3.25. The number of hydrogen-bond acceptors (Lipinski definition) is 4. The molecule has 0 amide bonds. The fourth-order valence-electron chi connectivity index (χ4n) is 2.48. The topological polar surface area (TPSA) is 78.9 Å². The zero-order valence-electron chi connectivity index (χ0n) is 12.2. The zero-order chi connectivity index (χ0) is 15.9. The van der Waals surface area contributed by atoms with Crippen LogP contribution in [0.4, 0.5) is 0 Å². The second-order valence-corrected chi connectivity index (χ2v) is 5.04. The highest BCUT2D eigenvalue weighted by molar-refractivity contribution is 5.80. The molecule has 2 aromatic heterocycles. The lowest BCUT2D eigenvalue weighted by Gasteiger charge is -2.07. The average Bonchev–Trinajstić information content (AvgIpc) is 2.90. The quantitative estimate of drug-likeness (QED) is 0.651. The summed E-state index contributed by atoms with van der Waals surface area (Å²) in [6, 6.07) is 9.43. The summed E-state index contributed by atoms with van der Waals surface area (Å²) >= 11 is 0. The smallest absolute Gasteiger partial charge is 0.311 e. The summed E-state index contributed by atoms with van der Waals surface area (Å²) < 4.78 is 3.82. The number of aromatic nitrogens is 4. The molecule has 0 atom stereocenters. The Bertz CT molecular complexity index is 980. The Hall–Kier alpha value is -2.96. The monoisotopic (exact) mass is 298 g/mol. The molecule has 112 valence electrons. The first-order valence-corrected chi connectivity index (χ1v) is 6.70. The van der Waals surface area contributed by atoms with E-state index in [1.165, 1.54) is 18.7 Å². The summed E-state index contributed by atoms with van der Waals surface area (Å²) in [7, 11) is 2.93. The third-order valence-electron chi connectivity index (χ3n) is 3.67. The Morgan fingerprint density at radius 1 is 1.09 bits per heavy atom. The highest BCUT2D eigenvalue weighted by atomic mass is 16.2. The Morgan fingerprint density at radius 2 is 1.77 bits per heavy atom. The Morgan fingerprint density at radius 3 is 2.41 bits per heavy atom. The molecular formula is C15H14N4O3. The number of aryl methyl sites for hydroxylation is 1. The molecule has 0 fully saturated rings. The van der Waals surface area contributed by atoms with Gasteiger partial charge < -0.3 is 4.57 Å². The third-order valence-corrected chi connectivity index (χ3v) is 3.67. The first kappa shape index (κ1) is 14.0. The van der Waals surface area contributed by atoms with Crippen molar-refractivity contribution in [2.45, 2.75) is 6.54 Å². The van der Waals surface area contributed by atoms with Gasteiger partial charge in [0.05, 0.1) is 6.54 Å². The molecule has 22 heavy (non-hydrogen) atoms. The molecule has 2 heterocycles. The summed E-state index contributed by atoms with van der Waals surface area (Å²) in [5.74, 6) is 0.122. The summed E-state index contributed by atoms with van der Waals surface area (Å²) in [5.41, 5.74) is 0.455. The lowest BCUT2D eigenvalue weighted by atomic mass is 10.2. The van der Waals surface area contributed by atoms with Crippen molar-refractivity contribution < 1.29 is 4.79 Å². The predicted octanol–water partition coefficient (Wildman–Crippen LogP) is 0.294. The van der Waals surface area contributed by atoms with Gasteiger partial charge in [-0.3, -0.25) is 18.7 Å². The van der Waals surface area contributed by atoms with Gasteiger partial charge >= 0.3 is 5.69 Å². The van der Waals surface area contributed by atoms with E-state index in [9.17, 15) is 14.4 Å². The molecule has 0 aliphatic carbocycles. The van der Waals surface area contributed by atoms with Crippen LogP contribution in [0.25, 0.3) is 11.2 Å². The van der Waals surface area contributed by atoms with Gasteiger partial charge in [-0.2, -0.15) is 0 Å². The molecule has 0 spiro atoms. The largest absolute Gasteiger partial charge is 0.332 e. The summed E-state index contributed by atoms with van der Waals surface area (Å²) in [5, 5.41) is 0. The van der Waals surface area contributed by atoms with Gasteiger partial charge in [0.25, 0.3) is 5.56 Å². The minimum atomic E-state index is -0.473. The highest BCUT2D eigenvalue weighted by Gasteiger charge is 2.18. The van der Waals surface area contributed by atoms with Crippen LogP contribution in [-0.4, -0.2) is 25.0 Å². The van der Waals surface area contributed by atoms with Crippen LogP contribution in [0.3, 0.4) is 0 Å². The minimum Gasteiger partial charge on any atom is -0.311 e. The molecule has 0 N–H and O–H groups in total. The number of fused-ring (bicyclic) bond motifs is 1. The first-order chi connectivity index (χ1) is 10.5. The predicted molar refractivity (Wildman–Crippen MR) is 81.1 cm³/mol. The van der Waals surface area contributed by atoms with Crippen LogP contribution < -0.4 is 11.2 Å². The van der Waals surface area contributed by atoms with E-state index in [1.807, 2.05) is 30.3 Å². The van der Waals surface area contributed by atoms with Gasteiger partial charge in [-0.15, -0.1) is 0 Å². The van der Waals surface area contributed by atoms with Crippen molar-refractivity contribution in [1.82, 2.24) is 18.7 Å². The van der Waals surface area contributed by atoms with Crippen LogP contribution in [0.15, 0.2) is 39.9 Å². The van der Waals surface area contributed by atoms with Crippen molar-refractivity contribution in [3.05, 3.63) is 62.6 Å². The minimum absolute atomic E-state index is 0.122. The van der Waals surface area contributed by atoms with Crippen molar-refractivity contribution in [3.63, 3.8) is 0 Å². The maximum atomic E-state index is 12.4. The van der Waals surface area contributed by atoms with Gasteiger partial charge in [-0.25, -0.2) is 9.78 Å². The third kappa shape index (κ3) is 1.98. The van der Waals surface area contributed by atoms with E-state index in [0.29, 0.717) is 12.8 Å². The maximum absolute atomic E-state index is 12.4. The number of nitrogens with zero attached hydrogens (tertiary/aromatic N) is 4. The zero-order valence-corrected chi connectivity index (χ0v) is 12.2. The number of carbonyl (C=O) groups excluding carboxylic acids is 1. The lowest BCUT2D eigenvalue weighted by molar-refractivity contribution is 0.111. The van der Waals surface area contributed by atoms with E-state index < -0.39 is 11.2 Å². The molecule has 7 nitrogen and oxygen atoms in total. The first-order valence-electron chi connectivity index (χ1n) is 6.70. The SMILES string of the molecule is Cn1c(=O)c2c(nc(C=O)n2Cc2ccccc2)n(C)c1=O. The molecule has 0 unspecified atom stereocenters.